The number of hydrogen-bond donors (Lipinski definition) is 1. The van der Waals surface area contributed by atoms with Crippen molar-refractivity contribution in [1.29, 1.82) is 0 Å². The number of nitrogens with zero attached hydrogens (tertiary/aromatic N) is 3. The van der Waals surface area contributed by atoms with Crippen LogP contribution in [0.25, 0.3) is 11.2 Å². The topological polar surface area (TPSA) is 79.5 Å². The first-order valence-electron chi connectivity index (χ1n) is 6.30. The molecule has 1 unspecified atom stereocenters. The van der Waals surface area contributed by atoms with Crippen molar-refractivity contribution < 1.29 is 14.3 Å². The molecule has 1 aliphatic heterocycles. The number of aliphatic carboxylic acids is 1. The van der Waals surface area contributed by atoms with E-state index in [-0.39, 0.29) is 5.92 Å². The number of rotatable bonds is 3. The number of likely N-dealkylation sites (tertiary alicyclic amines) is 1. The lowest BCUT2D eigenvalue weighted by atomic mass is 10.1. The third kappa shape index (κ3) is 2.44. The van der Waals surface area contributed by atoms with Gasteiger partial charge in [-0.25, -0.2) is 4.98 Å². The molecule has 1 aliphatic rings. The number of carboxylic acid groups (broad SMARTS) is 1. The van der Waals surface area contributed by atoms with Crippen molar-refractivity contribution in [3.8, 4) is 0 Å². The van der Waals surface area contributed by atoms with Gasteiger partial charge in [0.2, 0.25) is 0 Å². The molecule has 1 atom stereocenters. The van der Waals surface area contributed by atoms with Crippen LogP contribution in [0.5, 0.6) is 0 Å². The Morgan fingerprint density at radius 3 is 3.11 bits per heavy atom. The number of aromatic nitrogens is 2. The second-order valence-corrected chi connectivity index (χ2v) is 4.92. The number of oxazole rings is 1. The van der Waals surface area contributed by atoms with Crippen LogP contribution in [0, 0.1) is 12.8 Å². The summed E-state index contributed by atoms with van der Waals surface area (Å²) >= 11 is 0. The first kappa shape index (κ1) is 12.1. The Labute approximate surface area is 110 Å². The predicted octanol–water partition coefficient (Wildman–Crippen LogP) is 1.44. The summed E-state index contributed by atoms with van der Waals surface area (Å²) in [6.07, 6.45) is 0.709. The van der Waals surface area contributed by atoms with Crippen molar-refractivity contribution in [2.75, 3.05) is 13.1 Å². The summed E-state index contributed by atoms with van der Waals surface area (Å²) in [5.41, 5.74) is 2.20. The summed E-state index contributed by atoms with van der Waals surface area (Å²) in [7, 11) is 0. The lowest BCUT2D eigenvalue weighted by molar-refractivity contribution is -0.141. The number of hydrogen-bond acceptors (Lipinski definition) is 5. The molecular formula is C13H15N3O3. The van der Waals surface area contributed by atoms with E-state index in [1.807, 2.05) is 12.1 Å². The number of aryl methyl sites for hydroxylation is 1. The molecule has 0 bridgehead atoms. The summed E-state index contributed by atoms with van der Waals surface area (Å²) in [5.74, 6) is -0.358. The molecular weight excluding hydrogens is 246 g/mol. The lowest BCUT2D eigenvalue weighted by Gasteiger charge is -2.14. The molecule has 6 nitrogen and oxygen atoms in total. The summed E-state index contributed by atoms with van der Waals surface area (Å²) in [6.45, 7) is 3.84. The van der Waals surface area contributed by atoms with Crippen molar-refractivity contribution in [2.24, 2.45) is 5.92 Å². The fraction of sp³-hybridized carbons (Fsp3) is 0.462. The summed E-state index contributed by atoms with van der Waals surface area (Å²) in [6, 6.07) is 3.77. The van der Waals surface area contributed by atoms with Crippen LogP contribution in [-0.2, 0) is 11.3 Å². The van der Waals surface area contributed by atoms with Gasteiger partial charge in [-0.1, -0.05) is 0 Å². The number of fused-ring (bicyclic) bond motifs is 1. The first-order chi connectivity index (χ1) is 9.11. The Morgan fingerprint density at radius 2 is 2.37 bits per heavy atom. The molecule has 0 spiro atoms. The molecule has 3 heterocycles. The van der Waals surface area contributed by atoms with Gasteiger partial charge in [0.05, 0.1) is 11.6 Å². The maximum atomic E-state index is 10.9. The van der Waals surface area contributed by atoms with Gasteiger partial charge in [0, 0.05) is 20.0 Å². The highest BCUT2D eigenvalue weighted by Crippen LogP contribution is 2.19. The third-order valence-corrected chi connectivity index (χ3v) is 3.43. The van der Waals surface area contributed by atoms with E-state index in [2.05, 4.69) is 14.9 Å². The van der Waals surface area contributed by atoms with Crippen molar-refractivity contribution in [1.82, 2.24) is 14.9 Å². The molecule has 100 valence electrons. The maximum absolute atomic E-state index is 10.9. The van der Waals surface area contributed by atoms with Gasteiger partial charge in [0.15, 0.2) is 17.1 Å². The van der Waals surface area contributed by atoms with Crippen LogP contribution >= 0.6 is 0 Å². The average molecular weight is 261 g/mol. The highest BCUT2D eigenvalue weighted by molar-refractivity contribution is 5.70. The van der Waals surface area contributed by atoms with E-state index in [1.165, 1.54) is 0 Å². The third-order valence-electron chi connectivity index (χ3n) is 3.43. The molecule has 19 heavy (non-hydrogen) atoms. The van der Waals surface area contributed by atoms with Gasteiger partial charge < -0.3 is 9.52 Å². The van der Waals surface area contributed by atoms with Crippen molar-refractivity contribution >= 4 is 17.2 Å². The van der Waals surface area contributed by atoms with Crippen LogP contribution in [0.15, 0.2) is 16.5 Å². The molecule has 6 heteroatoms. The molecule has 0 aromatic carbocycles. The normalized spacial score (nSPS) is 20.2. The Bertz CT molecular complexity index is 623. The predicted molar refractivity (Wildman–Crippen MR) is 67.6 cm³/mol. The molecule has 2 aromatic rings. The van der Waals surface area contributed by atoms with Crippen LogP contribution in [0.2, 0.25) is 0 Å². The average Bonchev–Trinajstić information content (AvgIpc) is 2.94. The Morgan fingerprint density at radius 1 is 1.53 bits per heavy atom. The van der Waals surface area contributed by atoms with E-state index in [1.54, 1.807) is 6.92 Å². The van der Waals surface area contributed by atoms with Gasteiger partial charge >= 0.3 is 5.97 Å². The minimum Gasteiger partial charge on any atom is -0.481 e. The second-order valence-electron chi connectivity index (χ2n) is 4.92. The van der Waals surface area contributed by atoms with Gasteiger partial charge in [0.1, 0.15) is 0 Å². The van der Waals surface area contributed by atoms with E-state index in [4.69, 9.17) is 9.52 Å². The number of carboxylic acids is 1. The van der Waals surface area contributed by atoms with Crippen molar-refractivity contribution in [2.45, 2.75) is 19.9 Å². The molecule has 0 saturated carbocycles. The van der Waals surface area contributed by atoms with E-state index >= 15 is 0 Å². The molecule has 1 N–H and O–H groups in total. The first-order valence-corrected chi connectivity index (χ1v) is 6.30. The molecule has 3 rings (SSSR count). The number of carbonyl (C=O) groups is 1. The minimum atomic E-state index is -0.710. The summed E-state index contributed by atoms with van der Waals surface area (Å²) in [5, 5.41) is 8.98. The summed E-state index contributed by atoms with van der Waals surface area (Å²) in [4.78, 5) is 21.7. The highest BCUT2D eigenvalue weighted by Gasteiger charge is 2.28. The fourth-order valence-corrected chi connectivity index (χ4v) is 2.46. The molecule has 0 radical (unpaired) electrons. The standard InChI is InChI=1S/C13H15N3O3/c1-8-14-12-11(19-8)3-2-10(15-12)7-16-5-4-9(6-16)13(17)18/h2-3,9H,4-7H2,1H3,(H,17,18). The fourth-order valence-electron chi connectivity index (χ4n) is 2.46. The molecule has 0 aliphatic carbocycles. The van der Waals surface area contributed by atoms with Crippen LogP contribution in [0.1, 0.15) is 18.0 Å². The van der Waals surface area contributed by atoms with Gasteiger partial charge in [0.25, 0.3) is 0 Å². The second kappa shape index (κ2) is 4.62. The monoisotopic (exact) mass is 261 g/mol. The van der Waals surface area contributed by atoms with Crippen molar-refractivity contribution in [3.05, 3.63) is 23.7 Å². The Hall–Kier alpha value is -1.95. The van der Waals surface area contributed by atoms with E-state index in [0.29, 0.717) is 36.6 Å². The SMILES string of the molecule is Cc1nc2nc(CN3CCC(C(=O)O)C3)ccc2o1. The van der Waals surface area contributed by atoms with Gasteiger partial charge in [-0.05, 0) is 25.1 Å². The van der Waals surface area contributed by atoms with Crippen LogP contribution < -0.4 is 0 Å². The Kier molecular flexibility index (Phi) is 2.94. The zero-order chi connectivity index (χ0) is 13.4. The van der Waals surface area contributed by atoms with Crippen LogP contribution in [-0.4, -0.2) is 39.0 Å². The summed E-state index contributed by atoms with van der Waals surface area (Å²) < 4.78 is 5.38. The number of pyridine rings is 1. The zero-order valence-corrected chi connectivity index (χ0v) is 10.7. The lowest BCUT2D eigenvalue weighted by Crippen LogP contribution is -2.23. The van der Waals surface area contributed by atoms with Crippen LogP contribution in [0.4, 0.5) is 0 Å². The molecule has 0 amide bonds. The molecule has 1 saturated heterocycles. The van der Waals surface area contributed by atoms with Gasteiger partial charge in [-0.3, -0.25) is 9.69 Å². The smallest absolute Gasteiger partial charge is 0.307 e. The van der Waals surface area contributed by atoms with E-state index in [0.717, 1.165) is 12.2 Å². The largest absolute Gasteiger partial charge is 0.481 e. The molecule has 2 aromatic heterocycles. The Balaban J connectivity index is 1.73. The zero-order valence-electron chi connectivity index (χ0n) is 10.7. The van der Waals surface area contributed by atoms with Gasteiger partial charge in [-0.2, -0.15) is 4.98 Å². The van der Waals surface area contributed by atoms with Gasteiger partial charge in [-0.15, -0.1) is 0 Å². The highest BCUT2D eigenvalue weighted by atomic mass is 16.4. The van der Waals surface area contributed by atoms with Crippen LogP contribution in [0.3, 0.4) is 0 Å². The van der Waals surface area contributed by atoms with E-state index < -0.39 is 5.97 Å². The quantitative estimate of drug-likeness (QED) is 0.900. The minimum absolute atomic E-state index is 0.252. The maximum Gasteiger partial charge on any atom is 0.307 e. The van der Waals surface area contributed by atoms with Crippen molar-refractivity contribution in [3.63, 3.8) is 0 Å². The van der Waals surface area contributed by atoms with E-state index in [9.17, 15) is 4.79 Å². The molecule has 1 fully saturated rings.